The van der Waals surface area contributed by atoms with E-state index in [4.69, 9.17) is 0 Å². The Balaban J connectivity index is 1.06. The molecule has 5 nitrogen and oxygen atoms in total. The molecular weight excluding hydrogens is 362 g/mol. The fraction of sp³-hybridized carbons (Fsp3) is 0.917. The molecule has 5 aliphatic rings. The average molecular weight is 402 g/mol. The van der Waals surface area contributed by atoms with Crippen molar-refractivity contribution in [2.75, 3.05) is 32.7 Å². The third-order valence-corrected chi connectivity index (χ3v) is 9.10. The Bertz CT molecular complexity index is 603. The van der Waals surface area contributed by atoms with Gasteiger partial charge in [-0.2, -0.15) is 0 Å². The van der Waals surface area contributed by atoms with Crippen LogP contribution in [0.15, 0.2) is 0 Å². The van der Waals surface area contributed by atoms with Gasteiger partial charge in [0.05, 0.1) is 0 Å². The van der Waals surface area contributed by atoms with Crippen molar-refractivity contribution in [1.82, 2.24) is 15.1 Å². The van der Waals surface area contributed by atoms with Crippen molar-refractivity contribution in [3.63, 3.8) is 0 Å². The van der Waals surface area contributed by atoms with E-state index in [0.29, 0.717) is 11.8 Å². The van der Waals surface area contributed by atoms with Crippen molar-refractivity contribution in [2.45, 2.75) is 76.7 Å². The van der Waals surface area contributed by atoms with Crippen molar-refractivity contribution in [3.8, 4) is 0 Å². The van der Waals surface area contributed by atoms with Gasteiger partial charge in [-0.15, -0.1) is 0 Å². The van der Waals surface area contributed by atoms with E-state index in [1.165, 1.54) is 51.5 Å². The highest BCUT2D eigenvalue weighted by atomic mass is 16.2. The fourth-order valence-corrected chi connectivity index (χ4v) is 6.90. The van der Waals surface area contributed by atoms with Crippen LogP contribution in [0.25, 0.3) is 0 Å². The van der Waals surface area contributed by atoms with E-state index in [9.17, 15) is 9.59 Å². The Labute approximate surface area is 175 Å². The molecular formula is C24H39N3O2. The fourth-order valence-electron chi connectivity index (χ4n) is 6.90. The molecule has 2 saturated heterocycles. The van der Waals surface area contributed by atoms with E-state index in [0.717, 1.165) is 75.7 Å². The molecule has 0 bridgehead atoms. The molecule has 3 atom stereocenters. The zero-order valence-corrected chi connectivity index (χ0v) is 18.0. The molecule has 2 aliphatic heterocycles. The Hall–Kier alpha value is -1.10. The van der Waals surface area contributed by atoms with Crippen LogP contribution in [-0.4, -0.2) is 60.4 Å². The van der Waals surface area contributed by atoms with Crippen LogP contribution in [0.1, 0.15) is 70.6 Å². The molecule has 0 radical (unpaired) electrons. The number of nitrogens with one attached hydrogen (secondary N) is 1. The van der Waals surface area contributed by atoms with Crippen molar-refractivity contribution in [1.29, 1.82) is 0 Å². The van der Waals surface area contributed by atoms with Crippen molar-refractivity contribution < 1.29 is 9.59 Å². The van der Waals surface area contributed by atoms with E-state index in [1.807, 2.05) is 4.90 Å². The molecule has 2 heterocycles. The molecule has 5 heteroatoms. The van der Waals surface area contributed by atoms with E-state index < -0.39 is 0 Å². The average Bonchev–Trinajstić information content (AvgIpc) is 3.20. The summed E-state index contributed by atoms with van der Waals surface area (Å²) in [5.74, 6) is 3.91. The highest BCUT2D eigenvalue weighted by Gasteiger charge is 2.39. The van der Waals surface area contributed by atoms with Crippen LogP contribution >= 0.6 is 0 Å². The number of carbonyl (C=O) groups excluding carboxylic acids is 2. The van der Waals surface area contributed by atoms with E-state index in [2.05, 4.69) is 10.2 Å². The summed E-state index contributed by atoms with van der Waals surface area (Å²) in [6.45, 7) is 4.20. The third kappa shape index (κ3) is 4.08. The van der Waals surface area contributed by atoms with Crippen molar-refractivity contribution in [2.24, 2.45) is 29.6 Å². The number of rotatable bonds is 3. The molecule has 0 aromatic rings. The van der Waals surface area contributed by atoms with Crippen molar-refractivity contribution >= 4 is 11.8 Å². The predicted molar refractivity (Wildman–Crippen MR) is 113 cm³/mol. The maximum Gasteiger partial charge on any atom is 0.225 e. The number of nitrogens with zero attached hydrogens (tertiary/aromatic N) is 2. The van der Waals surface area contributed by atoms with Crippen LogP contribution in [0.3, 0.4) is 0 Å². The van der Waals surface area contributed by atoms with Gasteiger partial charge in [0.25, 0.3) is 0 Å². The number of hydrogen-bond donors (Lipinski definition) is 1. The van der Waals surface area contributed by atoms with Gasteiger partial charge in [0.1, 0.15) is 0 Å². The minimum Gasteiger partial charge on any atom is -0.339 e. The monoisotopic (exact) mass is 401 g/mol. The summed E-state index contributed by atoms with van der Waals surface area (Å²) in [6.07, 6.45) is 13.6. The topological polar surface area (TPSA) is 52.7 Å². The van der Waals surface area contributed by atoms with Crippen LogP contribution in [0.5, 0.6) is 0 Å². The van der Waals surface area contributed by atoms with Crippen LogP contribution in [0, 0.1) is 29.6 Å². The summed E-state index contributed by atoms with van der Waals surface area (Å²) in [4.78, 5) is 29.6. The highest BCUT2D eigenvalue weighted by molar-refractivity contribution is 5.81. The lowest BCUT2D eigenvalue weighted by Gasteiger charge is -2.42. The quantitative estimate of drug-likeness (QED) is 0.791. The molecule has 5 rings (SSSR count). The zero-order valence-electron chi connectivity index (χ0n) is 18.0. The molecule has 162 valence electrons. The number of hydrogen-bond acceptors (Lipinski definition) is 3. The molecule has 2 amide bonds. The predicted octanol–water partition coefficient (Wildman–Crippen LogP) is 3.04. The van der Waals surface area contributed by atoms with Gasteiger partial charge in [0.15, 0.2) is 0 Å². The van der Waals surface area contributed by atoms with Gasteiger partial charge in [-0.05, 0) is 88.5 Å². The van der Waals surface area contributed by atoms with Gasteiger partial charge in [0, 0.05) is 44.1 Å². The lowest BCUT2D eigenvalue weighted by Crippen LogP contribution is -2.53. The molecule has 1 N–H and O–H groups in total. The zero-order chi connectivity index (χ0) is 19.8. The van der Waals surface area contributed by atoms with Crippen LogP contribution in [0.4, 0.5) is 0 Å². The summed E-state index contributed by atoms with van der Waals surface area (Å²) < 4.78 is 0. The molecule has 0 aromatic heterocycles. The van der Waals surface area contributed by atoms with Crippen molar-refractivity contribution in [3.05, 3.63) is 0 Å². The molecule has 0 spiro atoms. The summed E-state index contributed by atoms with van der Waals surface area (Å²) in [7, 11) is 0. The largest absolute Gasteiger partial charge is 0.339 e. The van der Waals surface area contributed by atoms with Crippen LogP contribution < -0.4 is 5.32 Å². The van der Waals surface area contributed by atoms with E-state index in [-0.39, 0.29) is 11.8 Å². The second-order valence-electron chi connectivity index (χ2n) is 10.6. The number of fused-ring (bicyclic) bond motifs is 1. The maximum absolute atomic E-state index is 13.1. The van der Waals surface area contributed by atoms with Gasteiger partial charge in [-0.1, -0.05) is 6.42 Å². The van der Waals surface area contributed by atoms with Gasteiger partial charge in [-0.25, -0.2) is 0 Å². The lowest BCUT2D eigenvalue weighted by atomic mass is 9.68. The number of piperazine rings is 1. The summed E-state index contributed by atoms with van der Waals surface area (Å²) >= 11 is 0. The first-order chi connectivity index (χ1) is 14.2. The summed E-state index contributed by atoms with van der Waals surface area (Å²) in [5, 5.41) is 3.73. The first-order valence-electron chi connectivity index (χ1n) is 12.5. The van der Waals surface area contributed by atoms with Gasteiger partial charge >= 0.3 is 0 Å². The molecule has 5 fully saturated rings. The Morgan fingerprint density at radius 2 is 1.17 bits per heavy atom. The highest BCUT2D eigenvalue weighted by Crippen LogP contribution is 2.43. The first kappa shape index (κ1) is 19.8. The van der Waals surface area contributed by atoms with Crippen LogP contribution in [-0.2, 0) is 9.59 Å². The Morgan fingerprint density at radius 1 is 0.621 bits per heavy atom. The standard InChI is InChI=1S/C24H39N3O2/c28-23(19-2-1-3-19)26-12-14-27(15-13-26)24(29)20-7-4-17(5-8-20)21-9-6-18-10-11-25-22(18)16-21/h17-22,25H,1-16H2. The Kier molecular flexibility index (Phi) is 5.86. The van der Waals surface area contributed by atoms with E-state index in [1.54, 1.807) is 0 Å². The van der Waals surface area contributed by atoms with E-state index >= 15 is 0 Å². The molecule has 3 aliphatic carbocycles. The van der Waals surface area contributed by atoms with Gasteiger partial charge < -0.3 is 15.1 Å². The summed E-state index contributed by atoms with van der Waals surface area (Å²) in [5.41, 5.74) is 0. The SMILES string of the molecule is O=C(C1CCC1)N1CCN(C(=O)C2CCC(C3CCC4CCNC4C3)CC2)CC1. The molecule has 3 unspecified atom stereocenters. The third-order valence-electron chi connectivity index (χ3n) is 9.10. The number of carbonyl (C=O) groups is 2. The van der Waals surface area contributed by atoms with Gasteiger partial charge in [0.2, 0.25) is 11.8 Å². The smallest absolute Gasteiger partial charge is 0.225 e. The minimum absolute atomic E-state index is 0.237. The first-order valence-corrected chi connectivity index (χ1v) is 12.5. The van der Waals surface area contributed by atoms with Crippen LogP contribution in [0.2, 0.25) is 0 Å². The van der Waals surface area contributed by atoms with Gasteiger partial charge in [-0.3, -0.25) is 9.59 Å². The maximum atomic E-state index is 13.1. The molecule has 3 saturated carbocycles. The lowest BCUT2D eigenvalue weighted by molar-refractivity contribution is -0.146. The minimum atomic E-state index is 0.237. The Morgan fingerprint density at radius 3 is 1.76 bits per heavy atom. The summed E-state index contributed by atoms with van der Waals surface area (Å²) in [6, 6.07) is 0.784. The second kappa shape index (κ2) is 8.56. The second-order valence-corrected chi connectivity index (χ2v) is 10.6. The molecule has 0 aromatic carbocycles. The molecule has 29 heavy (non-hydrogen) atoms. The normalized spacial score (nSPS) is 38.4. The number of amides is 2.